The smallest absolute Gasteiger partial charge is 0.262 e. The van der Waals surface area contributed by atoms with Crippen molar-refractivity contribution < 1.29 is 14.3 Å². The number of carbonyl (C=O) groups excluding carboxylic acids is 2. The molecular weight excluding hydrogens is 402 g/mol. The van der Waals surface area contributed by atoms with Crippen LogP contribution in [0.25, 0.3) is 10.9 Å². The fraction of sp³-hybridized carbons (Fsp3) is 0.115. The molecule has 1 heterocycles. The number of carbonyl (C=O) groups is 2. The summed E-state index contributed by atoms with van der Waals surface area (Å²) in [6, 6.07) is 25.7. The zero-order chi connectivity index (χ0) is 22.3. The zero-order valence-corrected chi connectivity index (χ0v) is 17.6. The van der Waals surface area contributed by atoms with Crippen LogP contribution in [0.4, 0.5) is 5.69 Å². The standard InChI is InChI=1S/C26H23N3O3/c1-18(19-8-3-2-4-9-19)28-26(31)22-11-5-6-12-24(22)29-25(30)17-32-21-13-14-23-20(16-21)10-7-15-27-23/h2-16,18H,17H2,1H3,(H,28,31)(H,29,30)/t18-/m0/s1. The number of fused-ring (bicyclic) bond motifs is 1. The van der Waals surface area contributed by atoms with Gasteiger partial charge in [-0.3, -0.25) is 14.6 Å². The molecule has 32 heavy (non-hydrogen) atoms. The summed E-state index contributed by atoms with van der Waals surface area (Å²) < 4.78 is 5.63. The van der Waals surface area contributed by atoms with Crippen LogP contribution in [0.2, 0.25) is 0 Å². The van der Waals surface area contributed by atoms with E-state index in [1.807, 2.05) is 61.5 Å². The Hall–Kier alpha value is -4.19. The second-order valence-electron chi connectivity index (χ2n) is 7.35. The Morgan fingerprint density at radius 2 is 1.72 bits per heavy atom. The maximum atomic E-state index is 12.8. The van der Waals surface area contributed by atoms with Crippen molar-refractivity contribution in [3.63, 3.8) is 0 Å². The van der Waals surface area contributed by atoms with E-state index in [0.29, 0.717) is 17.0 Å². The Morgan fingerprint density at radius 3 is 2.56 bits per heavy atom. The second kappa shape index (κ2) is 9.75. The molecule has 0 saturated heterocycles. The van der Waals surface area contributed by atoms with Gasteiger partial charge in [0.15, 0.2) is 6.61 Å². The van der Waals surface area contributed by atoms with E-state index < -0.39 is 0 Å². The molecule has 0 aliphatic rings. The lowest BCUT2D eigenvalue weighted by atomic mass is 10.1. The van der Waals surface area contributed by atoms with Gasteiger partial charge in [0, 0.05) is 11.6 Å². The molecule has 160 valence electrons. The lowest BCUT2D eigenvalue weighted by Crippen LogP contribution is -2.28. The van der Waals surface area contributed by atoms with Crippen molar-refractivity contribution in [2.24, 2.45) is 0 Å². The van der Waals surface area contributed by atoms with Crippen LogP contribution >= 0.6 is 0 Å². The third-order valence-corrected chi connectivity index (χ3v) is 5.04. The van der Waals surface area contributed by atoms with Gasteiger partial charge in [-0.1, -0.05) is 48.5 Å². The lowest BCUT2D eigenvalue weighted by molar-refractivity contribution is -0.118. The van der Waals surface area contributed by atoms with E-state index in [2.05, 4.69) is 15.6 Å². The summed E-state index contributed by atoms with van der Waals surface area (Å²) in [4.78, 5) is 29.6. The van der Waals surface area contributed by atoms with Crippen molar-refractivity contribution in [1.82, 2.24) is 10.3 Å². The van der Waals surface area contributed by atoms with Crippen LogP contribution in [0.15, 0.2) is 91.1 Å². The van der Waals surface area contributed by atoms with Gasteiger partial charge in [0.05, 0.1) is 22.8 Å². The lowest BCUT2D eigenvalue weighted by Gasteiger charge is -2.16. The summed E-state index contributed by atoms with van der Waals surface area (Å²) in [5.41, 5.74) is 2.68. The van der Waals surface area contributed by atoms with Gasteiger partial charge < -0.3 is 15.4 Å². The Balaban J connectivity index is 1.39. The van der Waals surface area contributed by atoms with Crippen LogP contribution in [0, 0.1) is 0 Å². The van der Waals surface area contributed by atoms with Crippen molar-refractivity contribution in [3.05, 3.63) is 102 Å². The average molecular weight is 425 g/mol. The summed E-state index contributed by atoms with van der Waals surface area (Å²) in [5, 5.41) is 6.68. The minimum Gasteiger partial charge on any atom is -0.484 e. The van der Waals surface area contributed by atoms with Crippen LogP contribution in [-0.2, 0) is 4.79 Å². The maximum Gasteiger partial charge on any atom is 0.262 e. The van der Waals surface area contributed by atoms with Crippen molar-refractivity contribution >= 4 is 28.4 Å². The summed E-state index contributed by atoms with van der Waals surface area (Å²) >= 11 is 0. The molecule has 2 N–H and O–H groups in total. The molecule has 0 aliphatic carbocycles. The first-order chi connectivity index (χ1) is 15.6. The molecule has 0 fully saturated rings. The summed E-state index contributed by atoms with van der Waals surface area (Å²) in [5.74, 6) is -0.0452. The van der Waals surface area contributed by atoms with Gasteiger partial charge in [-0.05, 0) is 48.9 Å². The fourth-order valence-corrected chi connectivity index (χ4v) is 3.37. The number of anilines is 1. The molecule has 0 unspecified atom stereocenters. The van der Waals surface area contributed by atoms with Crippen LogP contribution in [0.1, 0.15) is 28.9 Å². The first-order valence-electron chi connectivity index (χ1n) is 10.3. The minimum atomic E-state index is -0.354. The van der Waals surface area contributed by atoms with Gasteiger partial charge >= 0.3 is 0 Å². The monoisotopic (exact) mass is 425 g/mol. The molecule has 4 rings (SSSR count). The van der Waals surface area contributed by atoms with Gasteiger partial charge in [-0.25, -0.2) is 0 Å². The second-order valence-corrected chi connectivity index (χ2v) is 7.35. The molecule has 0 radical (unpaired) electrons. The van der Waals surface area contributed by atoms with Crippen molar-refractivity contribution in [1.29, 1.82) is 0 Å². The summed E-state index contributed by atoms with van der Waals surface area (Å²) in [6.07, 6.45) is 1.73. The highest BCUT2D eigenvalue weighted by Gasteiger charge is 2.16. The quantitative estimate of drug-likeness (QED) is 0.448. The highest BCUT2D eigenvalue weighted by atomic mass is 16.5. The van der Waals surface area contributed by atoms with Gasteiger partial charge in [-0.15, -0.1) is 0 Å². The Kier molecular flexibility index (Phi) is 6.41. The number of hydrogen-bond acceptors (Lipinski definition) is 4. The molecule has 1 aromatic heterocycles. The molecule has 0 bridgehead atoms. The fourth-order valence-electron chi connectivity index (χ4n) is 3.37. The van der Waals surface area contributed by atoms with Crippen molar-refractivity contribution in [2.75, 3.05) is 11.9 Å². The number of pyridine rings is 1. The van der Waals surface area contributed by atoms with E-state index in [-0.39, 0.29) is 24.5 Å². The number of rotatable bonds is 7. The number of aromatic nitrogens is 1. The van der Waals surface area contributed by atoms with Gasteiger partial charge in [0.1, 0.15) is 5.75 Å². The van der Waals surface area contributed by atoms with Gasteiger partial charge in [0.2, 0.25) is 0 Å². The number of para-hydroxylation sites is 1. The highest BCUT2D eigenvalue weighted by molar-refractivity contribution is 6.04. The highest BCUT2D eigenvalue weighted by Crippen LogP contribution is 2.20. The Labute approximate surface area is 186 Å². The normalized spacial score (nSPS) is 11.5. The first kappa shape index (κ1) is 21.1. The van der Waals surface area contributed by atoms with E-state index in [1.165, 1.54) is 0 Å². The van der Waals surface area contributed by atoms with E-state index in [1.54, 1.807) is 36.5 Å². The summed E-state index contributed by atoms with van der Waals surface area (Å²) in [6.45, 7) is 1.74. The Morgan fingerprint density at radius 1 is 0.938 bits per heavy atom. The molecular formula is C26H23N3O3. The molecule has 4 aromatic rings. The number of hydrogen-bond donors (Lipinski definition) is 2. The van der Waals surface area contributed by atoms with E-state index in [9.17, 15) is 9.59 Å². The Bertz CT molecular complexity index is 1240. The van der Waals surface area contributed by atoms with Crippen molar-refractivity contribution in [3.8, 4) is 5.75 Å². The van der Waals surface area contributed by atoms with E-state index in [0.717, 1.165) is 16.5 Å². The van der Waals surface area contributed by atoms with E-state index in [4.69, 9.17) is 4.74 Å². The first-order valence-corrected chi connectivity index (χ1v) is 10.3. The van der Waals surface area contributed by atoms with E-state index >= 15 is 0 Å². The number of nitrogens with zero attached hydrogens (tertiary/aromatic N) is 1. The number of ether oxygens (including phenoxy) is 1. The molecule has 6 nitrogen and oxygen atoms in total. The largest absolute Gasteiger partial charge is 0.484 e. The van der Waals surface area contributed by atoms with Crippen LogP contribution in [0.3, 0.4) is 0 Å². The average Bonchev–Trinajstić information content (AvgIpc) is 2.83. The minimum absolute atomic E-state index is 0.168. The number of amides is 2. The molecule has 0 aliphatic heterocycles. The number of benzene rings is 3. The van der Waals surface area contributed by atoms with Gasteiger partial charge in [-0.2, -0.15) is 0 Å². The predicted molar refractivity (Wildman–Crippen MR) is 125 cm³/mol. The third kappa shape index (κ3) is 5.10. The van der Waals surface area contributed by atoms with Crippen LogP contribution < -0.4 is 15.4 Å². The molecule has 0 saturated carbocycles. The molecule has 2 amide bonds. The zero-order valence-electron chi connectivity index (χ0n) is 17.6. The molecule has 3 aromatic carbocycles. The topological polar surface area (TPSA) is 80.3 Å². The third-order valence-electron chi connectivity index (χ3n) is 5.04. The predicted octanol–water partition coefficient (Wildman–Crippen LogP) is 4.74. The maximum absolute atomic E-state index is 12.8. The van der Waals surface area contributed by atoms with Crippen LogP contribution in [-0.4, -0.2) is 23.4 Å². The van der Waals surface area contributed by atoms with Gasteiger partial charge in [0.25, 0.3) is 11.8 Å². The van der Waals surface area contributed by atoms with Crippen molar-refractivity contribution in [2.45, 2.75) is 13.0 Å². The summed E-state index contributed by atoms with van der Waals surface area (Å²) in [7, 11) is 0. The molecule has 6 heteroatoms. The number of nitrogens with one attached hydrogen (secondary N) is 2. The molecule has 1 atom stereocenters. The molecule has 0 spiro atoms. The SMILES string of the molecule is C[C@H](NC(=O)c1ccccc1NC(=O)COc1ccc2ncccc2c1)c1ccccc1. The van der Waals surface area contributed by atoms with Crippen LogP contribution in [0.5, 0.6) is 5.75 Å².